The van der Waals surface area contributed by atoms with Crippen molar-refractivity contribution in [3.05, 3.63) is 66.7 Å². The molecule has 0 unspecified atom stereocenters. The van der Waals surface area contributed by atoms with Crippen molar-refractivity contribution in [2.45, 2.75) is 6.36 Å². The van der Waals surface area contributed by atoms with Crippen LogP contribution in [0.5, 0.6) is 28.9 Å². The van der Waals surface area contributed by atoms with Crippen LogP contribution < -0.4 is 29.6 Å². The molecular formula is C24H18F4N4O5. The van der Waals surface area contributed by atoms with Crippen molar-refractivity contribution in [2.75, 3.05) is 24.9 Å². The van der Waals surface area contributed by atoms with E-state index < -0.39 is 24.0 Å². The molecule has 0 aliphatic rings. The number of alkyl halides is 3. The average Bonchev–Trinajstić information content (AvgIpc) is 2.84. The number of nitrogens with zero attached hydrogens (tertiary/aromatic N) is 2. The van der Waals surface area contributed by atoms with Crippen molar-refractivity contribution in [1.82, 2.24) is 9.97 Å². The number of amides is 2. The number of halogens is 4. The molecule has 13 heteroatoms. The summed E-state index contributed by atoms with van der Waals surface area (Å²) < 4.78 is 70.8. The third-order valence-corrected chi connectivity index (χ3v) is 4.83. The molecule has 37 heavy (non-hydrogen) atoms. The van der Waals surface area contributed by atoms with E-state index >= 15 is 0 Å². The molecule has 192 valence electrons. The lowest BCUT2D eigenvalue weighted by Gasteiger charge is -2.13. The fraction of sp³-hybridized carbons (Fsp3) is 0.125. The van der Waals surface area contributed by atoms with Gasteiger partial charge in [-0.15, -0.1) is 13.2 Å². The normalized spacial score (nSPS) is 11.1. The van der Waals surface area contributed by atoms with Crippen LogP contribution in [0.3, 0.4) is 0 Å². The molecule has 1 aromatic heterocycles. The minimum Gasteiger partial charge on any atom is -0.493 e. The Morgan fingerprint density at radius 3 is 2.24 bits per heavy atom. The first-order valence-electron chi connectivity index (χ1n) is 10.4. The van der Waals surface area contributed by atoms with Crippen LogP contribution >= 0.6 is 0 Å². The molecule has 1 heterocycles. The Labute approximate surface area is 207 Å². The Hall–Kier alpha value is -4.81. The van der Waals surface area contributed by atoms with Gasteiger partial charge in [0.05, 0.1) is 25.1 Å². The zero-order chi connectivity index (χ0) is 26.6. The number of anilines is 2. The summed E-state index contributed by atoms with van der Waals surface area (Å²) in [7, 11) is 3.00. The Morgan fingerprint density at radius 2 is 1.57 bits per heavy atom. The monoisotopic (exact) mass is 518 g/mol. The first kappa shape index (κ1) is 25.3. The summed E-state index contributed by atoms with van der Waals surface area (Å²) in [5, 5.41) is 5.40. The van der Waals surface area contributed by atoms with Gasteiger partial charge in [0.1, 0.15) is 12.1 Å². The predicted molar refractivity (Wildman–Crippen MR) is 125 cm³/mol. The molecule has 0 atom stereocenters. The second kappa shape index (κ2) is 10.4. The highest BCUT2D eigenvalue weighted by atomic mass is 19.4. The zero-order valence-corrected chi connectivity index (χ0v) is 19.2. The maximum atomic E-state index is 13.9. The van der Waals surface area contributed by atoms with E-state index in [0.29, 0.717) is 39.9 Å². The second-order valence-electron chi connectivity index (χ2n) is 7.31. The molecule has 2 N–H and O–H groups in total. The van der Waals surface area contributed by atoms with Crippen LogP contribution in [0.2, 0.25) is 0 Å². The van der Waals surface area contributed by atoms with Crippen LogP contribution in [0.25, 0.3) is 10.9 Å². The highest BCUT2D eigenvalue weighted by molar-refractivity contribution is 5.99. The average molecular weight is 518 g/mol. The number of methoxy groups -OCH3 is 2. The largest absolute Gasteiger partial charge is 0.573 e. The maximum absolute atomic E-state index is 13.9. The van der Waals surface area contributed by atoms with E-state index in [4.69, 9.17) is 14.2 Å². The summed E-state index contributed by atoms with van der Waals surface area (Å²) in [6.45, 7) is 0. The van der Waals surface area contributed by atoms with E-state index in [1.54, 1.807) is 30.3 Å². The summed E-state index contributed by atoms with van der Waals surface area (Å²) in [6.07, 6.45) is -3.72. The third kappa shape index (κ3) is 6.25. The van der Waals surface area contributed by atoms with Crippen molar-refractivity contribution in [2.24, 2.45) is 0 Å². The lowest BCUT2D eigenvalue weighted by molar-refractivity contribution is -0.275. The van der Waals surface area contributed by atoms with E-state index in [2.05, 4.69) is 25.3 Å². The van der Waals surface area contributed by atoms with E-state index in [9.17, 15) is 22.4 Å². The van der Waals surface area contributed by atoms with E-state index in [-0.39, 0.29) is 11.6 Å². The van der Waals surface area contributed by atoms with Gasteiger partial charge >= 0.3 is 12.4 Å². The maximum Gasteiger partial charge on any atom is 0.573 e. The Balaban J connectivity index is 1.47. The standard InChI is InChI=1S/C24H18F4N4O5/c1-34-20-10-16-18(11-21(20)35-2)29-12-30-22(16)36-15-5-3-4-13(8-15)31-23(33)32-14-6-7-19(17(25)9-14)37-24(26,27)28/h3-12H,1-2H3,(H2,31,32,33). The molecule has 0 aliphatic carbocycles. The van der Waals surface area contributed by atoms with Crippen LogP contribution in [0.15, 0.2) is 60.9 Å². The first-order chi connectivity index (χ1) is 17.6. The number of hydrogen-bond donors (Lipinski definition) is 2. The predicted octanol–water partition coefficient (Wildman–Crippen LogP) is 6.12. The van der Waals surface area contributed by atoms with Gasteiger partial charge in [0.2, 0.25) is 5.88 Å². The van der Waals surface area contributed by atoms with E-state index in [0.717, 1.165) is 12.1 Å². The number of hydrogen-bond acceptors (Lipinski definition) is 7. The molecule has 0 spiro atoms. The summed E-state index contributed by atoms with van der Waals surface area (Å²) in [4.78, 5) is 20.7. The van der Waals surface area contributed by atoms with Crippen molar-refractivity contribution in [3.8, 4) is 28.9 Å². The topological polar surface area (TPSA) is 104 Å². The lowest BCUT2D eigenvalue weighted by atomic mass is 10.2. The van der Waals surface area contributed by atoms with Crippen LogP contribution in [0.1, 0.15) is 0 Å². The van der Waals surface area contributed by atoms with Crippen LogP contribution in [0, 0.1) is 5.82 Å². The van der Waals surface area contributed by atoms with Crippen LogP contribution in [0.4, 0.5) is 33.7 Å². The van der Waals surface area contributed by atoms with Gasteiger partial charge in [0, 0.05) is 29.6 Å². The van der Waals surface area contributed by atoms with Crippen molar-refractivity contribution in [1.29, 1.82) is 0 Å². The number of aromatic nitrogens is 2. The molecule has 0 aliphatic heterocycles. The molecule has 4 aromatic rings. The van der Waals surface area contributed by atoms with Crippen LogP contribution in [-0.4, -0.2) is 36.6 Å². The fourth-order valence-corrected chi connectivity index (χ4v) is 3.27. The number of benzene rings is 3. The molecule has 0 saturated heterocycles. The molecule has 4 rings (SSSR count). The van der Waals surface area contributed by atoms with Gasteiger partial charge in [-0.1, -0.05) is 6.07 Å². The number of carbonyl (C=O) groups is 1. The first-order valence-corrected chi connectivity index (χ1v) is 10.4. The minimum absolute atomic E-state index is 0.0891. The molecule has 9 nitrogen and oxygen atoms in total. The molecule has 0 fully saturated rings. The highest BCUT2D eigenvalue weighted by Crippen LogP contribution is 2.36. The lowest BCUT2D eigenvalue weighted by Crippen LogP contribution is -2.20. The summed E-state index contributed by atoms with van der Waals surface area (Å²) >= 11 is 0. The Morgan fingerprint density at radius 1 is 0.865 bits per heavy atom. The second-order valence-corrected chi connectivity index (χ2v) is 7.31. The smallest absolute Gasteiger partial charge is 0.493 e. The fourth-order valence-electron chi connectivity index (χ4n) is 3.27. The van der Waals surface area contributed by atoms with E-state index in [1.165, 1.54) is 26.6 Å². The van der Waals surface area contributed by atoms with E-state index in [1.807, 2.05) is 0 Å². The number of carbonyl (C=O) groups excluding carboxylic acids is 1. The highest BCUT2D eigenvalue weighted by Gasteiger charge is 2.32. The number of nitrogens with one attached hydrogen (secondary N) is 2. The van der Waals surface area contributed by atoms with Gasteiger partial charge in [-0.3, -0.25) is 0 Å². The van der Waals surface area contributed by atoms with Crippen molar-refractivity contribution in [3.63, 3.8) is 0 Å². The third-order valence-electron chi connectivity index (χ3n) is 4.83. The number of ether oxygens (including phenoxy) is 4. The summed E-state index contributed by atoms with van der Waals surface area (Å²) in [6, 6.07) is 11.4. The van der Waals surface area contributed by atoms with Crippen molar-refractivity contribution < 1.29 is 41.3 Å². The molecule has 0 saturated carbocycles. The molecular weight excluding hydrogens is 500 g/mol. The summed E-state index contributed by atoms with van der Waals surface area (Å²) in [5.41, 5.74) is 0.772. The quantitative estimate of drug-likeness (QED) is 0.284. The summed E-state index contributed by atoms with van der Waals surface area (Å²) in [5.74, 6) is -0.819. The van der Waals surface area contributed by atoms with Gasteiger partial charge in [0.25, 0.3) is 0 Å². The molecule has 0 radical (unpaired) electrons. The Kier molecular flexibility index (Phi) is 7.13. The van der Waals surface area contributed by atoms with Gasteiger partial charge in [-0.25, -0.2) is 19.2 Å². The van der Waals surface area contributed by atoms with Gasteiger partial charge in [-0.05, 0) is 30.3 Å². The Bertz CT molecular complexity index is 1450. The SMILES string of the molecule is COc1cc2ncnc(Oc3cccc(NC(=O)Nc4ccc(OC(F)(F)F)c(F)c4)c3)c2cc1OC. The zero-order valence-electron chi connectivity index (χ0n) is 19.2. The molecule has 3 aromatic carbocycles. The van der Waals surface area contributed by atoms with Gasteiger partial charge in [-0.2, -0.15) is 0 Å². The van der Waals surface area contributed by atoms with Crippen LogP contribution in [-0.2, 0) is 0 Å². The number of rotatable bonds is 7. The molecule has 0 bridgehead atoms. The molecule has 2 amide bonds. The van der Waals surface area contributed by atoms with Gasteiger partial charge in [0.15, 0.2) is 23.1 Å². The number of urea groups is 1. The van der Waals surface area contributed by atoms with Gasteiger partial charge < -0.3 is 29.6 Å². The van der Waals surface area contributed by atoms with Crippen molar-refractivity contribution >= 4 is 28.3 Å². The minimum atomic E-state index is -5.04. The number of fused-ring (bicyclic) bond motifs is 1.